The molecule has 2 heterocycles. The molecule has 4 aromatic rings. The minimum absolute atomic E-state index is 0.0103. The Morgan fingerprint density at radius 2 is 1.75 bits per heavy atom. The molecule has 36 heavy (non-hydrogen) atoms. The van der Waals surface area contributed by atoms with Crippen molar-refractivity contribution in [2.45, 2.75) is 6.61 Å². The SMILES string of the molecule is COc1cc(F)c(-n2c(=O)[nH]c(=O)c3cc([N+](=O)[O-])cnc32)cc1OCc1c(OC)ccc(F)c1F. The lowest BCUT2D eigenvalue weighted by atomic mass is 10.2. The first-order valence-electron chi connectivity index (χ1n) is 9.97. The van der Waals surface area contributed by atoms with Crippen LogP contribution in [0.5, 0.6) is 17.2 Å². The van der Waals surface area contributed by atoms with Gasteiger partial charge in [0.15, 0.2) is 34.6 Å². The summed E-state index contributed by atoms with van der Waals surface area (Å²) in [5.41, 5.74) is -3.70. The third kappa shape index (κ3) is 4.19. The Morgan fingerprint density at radius 1 is 1.03 bits per heavy atom. The van der Waals surface area contributed by atoms with Gasteiger partial charge in [0.1, 0.15) is 18.6 Å². The molecule has 0 saturated heterocycles. The van der Waals surface area contributed by atoms with Crippen molar-refractivity contribution in [2.24, 2.45) is 0 Å². The fourth-order valence-electron chi connectivity index (χ4n) is 3.45. The van der Waals surface area contributed by atoms with Crippen molar-refractivity contribution < 1.29 is 32.3 Å². The number of methoxy groups -OCH3 is 2. The highest BCUT2D eigenvalue weighted by Crippen LogP contribution is 2.34. The monoisotopic (exact) mass is 504 g/mol. The Morgan fingerprint density at radius 3 is 2.42 bits per heavy atom. The molecule has 0 bridgehead atoms. The van der Waals surface area contributed by atoms with Gasteiger partial charge in [0.25, 0.3) is 11.2 Å². The highest BCUT2D eigenvalue weighted by atomic mass is 19.2. The number of pyridine rings is 1. The maximum atomic E-state index is 15.1. The molecule has 0 saturated carbocycles. The van der Waals surface area contributed by atoms with Gasteiger partial charge in [-0.3, -0.25) is 19.9 Å². The van der Waals surface area contributed by atoms with Gasteiger partial charge in [0.2, 0.25) is 0 Å². The Balaban J connectivity index is 1.87. The summed E-state index contributed by atoms with van der Waals surface area (Å²) in [7, 11) is 2.45. The standard InChI is InChI=1S/C22H15F3N4O7/c1-34-16-4-3-13(23)19(25)12(16)9-36-18-7-15(14(24)6-17(18)35-2)28-20-11(21(30)27-22(28)31)5-10(8-26-20)29(32)33/h3-8H,9H2,1-2H3,(H,27,30,31). The highest BCUT2D eigenvalue weighted by molar-refractivity contribution is 5.78. The zero-order chi connectivity index (χ0) is 26.1. The van der Waals surface area contributed by atoms with Crippen LogP contribution in [0, 0.1) is 27.6 Å². The van der Waals surface area contributed by atoms with E-state index in [0.717, 1.165) is 30.5 Å². The number of hydrogen-bond donors (Lipinski definition) is 1. The number of rotatable bonds is 7. The van der Waals surface area contributed by atoms with Crippen LogP contribution in [0.3, 0.4) is 0 Å². The minimum Gasteiger partial charge on any atom is -0.496 e. The lowest BCUT2D eigenvalue weighted by molar-refractivity contribution is -0.385. The van der Waals surface area contributed by atoms with E-state index in [0.29, 0.717) is 4.57 Å². The quantitative estimate of drug-likeness (QED) is 0.299. The van der Waals surface area contributed by atoms with Crippen molar-refractivity contribution in [3.63, 3.8) is 0 Å². The van der Waals surface area contributed by atoms with Crippen LogP contribution in [-0.4, -0.2) is 33.7 Å². The number of H-pyrrole nitrogens is 1. The summed E-state index contributed by atoms with van der Waals surface area (Å²) < 4.78 is 59.5. The van der Waals surface area contributed by atoms with Crippen molar-refractivity contribution in [1.82, 2.24) is 14.5 Å². The molecule has 4 rings (SSSR count). The topological polar surface area (TPSA) is 139 Å². The van der Waals surface area contributed by atoms with E-state index in [1.165, 1.54) is 20.3 Å². The minimum atomic E-state index is -1.22. The van der Waals surface area contributed by atoms with E-state index in [2.05, 4.69) is 4.98 Å². The van der Waals surface area contributed by atoms with E-state index in [9.17, 15) is 28.5 Å². The molecule has 2 aromatic heterocycles. The molecule has 186 valence electrons. The van der Waals surface area contributed by atoms with Gasteiger partial charge in [0.05, 0.1) is 35.8 Å². The Kier molecular flexibility index (Phi) is 6.33. The number of benzene rings is 2. The molecule has 0 amide bonds. The molecule has 0 atom stereocenters. The largest absolute Gasteiger partial charge is 0.496 e. The van der Waals surface area contributed by atoms with Gasteiger partial charge in [-0.1, -0.05) is 0 Å². The van der Waals surface area contributed by atoms with E-state index in [4.69, 9.17) is 14.2 Å². The van der Waals surface area contributed by atoms with Gasteiger partial charge in [-0.25, -0.2) is 27.5 Å². The summed E-state index contributed by atoms with van der Waals surface area (Å²) in [6.45, 7) is -0.570. The molecule has 0 radical (unpaired) electrons. The second-order valence-electron chi connectivity index (χ2n) is 7.20. The van der Waals surface area contributed by atoms with Gasteiger partial charge in [-0.05, 0) is 12.1 Å². The zero-order valence-electron chi connectivity index (χ0n) is 18.5. The fraction of sp³-hybridized carbons (Fsp3) is 0.136. The molecular formula is C22H15F3N4O7. The molecule has 2 aromatic carbocycles. The number of nitrogens with one attached hydrogen (secondary N) is 1. The maximum absolute atomic E-state index is 15.1. The third-order valence-corrected chi connectivity index (χ3v) is 5.16. The number of nitro groups is 1. The van der Waals surface area contributed by atoms with E-state index in [1.807, 2.05) is 4.98 Å². The highest BCUT2D eigenvalue weighted by Gasteiger charge is 2.21. The van der Waals surface area contributed by atoms with E-state index >= 15 is 4.39 Å². The second kappa shape index (κ2) is 9.40. The number of fused-ring (bicyclic) bond motifs is 1. The average molecular weight is 504 g/mol. The molecule has 11 nitrogen and oxygen atoms in total. The third-order valence-electron chi connectivity index (χ3n) is 5.16. The molecule has 0 aliphatic carbocycles. The van der Waals surface area contributed by atoms with Gasteiger partial charge >= 0.3 is 5.69 Å². The first-order valence-corrected chi connectivity index (χ1v) is 9.97. The summed E-state index contributed by atoms with van der Waals surface area (Å²) in [5.74, 6) is -3.73. The zero-order valence-corrected chi connectivity index (χ0v) is 18.5. The number of hydrogen-bond acceptors (Lipinski definition) is 8. The maximum Gasteiger partial charge on any atom is 0.334 e. The number of aromatic nitrogens is 3. The van der Waals surface area contributed by atoms with Crippen LogP contribution in [0.1, 0.15) is 5.56 Å². The first-order chi connectivity index (χ1) is 17.2. The predicted molar refractivity (Wildman–Crippen MR) is 118 cm³/mol. The molecule has 0 aliphatic heterocycles. The van der Waals surface area contributed by atoms with Crippen LogP contribution in [0.2, 0.25) is 0 Å². The number of nitrogens with zero attached hydrogens (tertiary/aromatic N) is 3. The normalized spacial score (nSPS) is 10.9. The van der Waals surface area contributed by atoms with Gasteiger partial charge in [0, 0.05) is 18.2 Å². The fourth-order valence-corrected chi connectivity index (χ4v) is 3.45. The Bertz CT molecular complexity index is 1640. The van der Waals surface area contributed by atoms with Gasteiger partial charge in [-0.2, -0.15) is 0 Å². The average Bonchev–Trinajstić information content (AvgIpc) is 2.85. The molecule has 0 spiro atoms. The summed E-state index contributed by atoms with van der Waals surface area (Å²) in [5, 5.41) is 10.7. The van der Waals surface area contributed by atoms with Crippen molar-refractivity contribution >= 4 is 16.7 Å². The van der Waals surface area contributed by atoms with Crippen LogP contribution >= 0.6 is 0 Å². The summed E-state index contributed by atoms with van der Waals surface area (Å²) >= 11 is 0. The molecule has 14 heteroatoms. The number of ether oxygens (including phenoxy) is 3. The molecule has 1 N–H and O–H groups in total. The summed E-state index contributed by atoms with van der Waals surface area (Å²) in [4.78, 5) is 40.9. The Hall–Kier alpha value is -4.88. The lowest BCUT2D eigenvalue weighted by Crippen LogP contribution is -2.30. The van der Waals surface area contributed by atoms with Crippen molar-refractivity contribution in [2.75, 3.05) is 14.2 Å². The second-order valence-corrected chi connectivity index (χ2v) is 7.20. The molecule has 0 fully saturated rings. The smallest absolute Gasteiger partial charge is 0.334 e. The van der Waals surface area contributed by atoms with E-state index in [-0.39, 0.29) is 33.8 Å². The summed E-state index contributed by atoms with van der Waals surface area (Å²) in [6, 6.07) is 4.83. The molecular weight excluding hydrogens is 489 g/mol. The van der Waals surface area contributed by atoms with Crippen molar-refractivity contribution in [1.29, 1.82) is 0 Å². The first kappa shape index (κ1) is 24.3. The molecule has 0 unspecified atom stereocenters. The predicted octanol–water partition coefficient (Wildman–Crippen LogP) is 3.00. The molecule has 0 aliphatic rings. The van der Waals surface area contributed by atoms with E-state index in [1.54, 1.807) is 0 Å². The van der Waals surface area contributed by atoms with Crippen molar-refractivity contribution in [3.05, 3.63) is 90.5 Å². The van der Waals surface area contributed by atoms with Gasteiger partial charge < -0.3 is 14.2 Å². The lowest BCUT2D eigenvalue weighted by Gasteiger charge is -2.16. The van der Waals surface area contributed by atoms with Crippen LogP contribution in [0.25, 0.3) is 16.7 Å². The van der Waals surface area contributed by atoms with Crippen LogP contribution in [0.15, 0.2) is 46.1 Å². The van der Waals surface area contributed by atoms with Gasteiger partial charge in [-0.15, -0.1) is 0 Å². The van der Waals surface area contributed by atoms with Crippen molar-refractivity contribution in [3.8, 4) is 22.9 Å². The Labute approximate surface area is 198 Å². The number of aromatic amines is 1. The van der Waals surface area contributed by atoms with E-state index < -0.39 is 51.6 Å². The summed E-state index contributed by atoms with van der Waals surface area (Å²) in [6.07, 6.45) is 0.801. The van der Waals surface area contributed by atoms with Crippen LogP contribution < -0.4 is 25.5 Å². The van der Waals surface area contributed by atoms with Crippen LogP contribution in [-0.2, 0) is 6.61 Å². The van der Waals surface area contributed by atoms with Crippen LogP contribution in [0.4, 0.5) is 18.9 Å². The number of halogens is 3.